The Balaban J connectivity index is 1.33. The third kappa shape index (κ3) is 3.04. The molecule has 3 aromatic rings. The number of piperazine rings is 1. The maximum atomic E-state index is 9.48. The fraction of sp³-hybridized carbons (Fsp3) is 0.360. The van der Waals surface area contributed by atoms with E-state index in [1.165, 1.54) is 16.8 Å². The molecule has 0 amide bonds. The highest BCUT2D eigenvalue weighted by molar-refractivity contribution is 5.95. The van der Waals surface area contributed by atoms with E-state index in [9.17, 15) is 5.26 Å². The van der Waals surface area contributed by atoms with Crippen LogP contribution in [0.1, 0.15) is 29.7 Å². The Morgan fingerprint density at radius 2 is 2.06 bits per heavy atom. The number of hydrogen-bond donors (Lipinski definition) is 1. The second-order valence-corrected chi connectivity index (χ2v) is 8.84. The first kappa shape index (κ1) is 18.6. The monoisotopic (exact) mass is 411 g/mol. The molecule has 0 radical (unpaired) electrons. The van der Waals surface area contributed by atoms with Crippen LogP contribution in [0.3, 0.4) is 0 Å². The van der Waals surface area contributed by atoms with E-state index < -0.39 is 0 Å². The molecule has 0 bridgehead atoms. The lowest BCUT2D eigenvalue weighted by Gasteiger charge is -2.43. The standard InChI is InChI=1S/C25H25N5O/c1-16-13-29(23-7-4-17(10-26)25-22(23)3-2-8-28-25)15-24-21-6-5-19(31-20-11-27-12-20)9-18(21)14-30(16)24/h2-9,16,20,24,27H,11-15H2,1H3/t16-,24-/m1/s1. The number of nitriles is 1. The number of benzene rings is 2. The summed E-state index contributed by atoms with van der Waals surface area (Å²) >= 11 is 0. The molecule has 3 aliphatic rings. The van der Waals surface area contributed by atoms with Crippen molar-refractivity contribution in [1.82, 2.24) is 15.2 Å². The van der Waals surface area contributed by atoms with Gasteiger partial charge in [-0.15, -0.1) is 0 Å². The van der Waals surface area contributed by atoms with Crippen LogP contribution in [-0.4, -0.2) is 48.2 Å². The van der Waals surface area contributed by atoms with Crippen LogP contribution in [0.15, 0.2) is 48.7 Å². The highest BCUT2D eigenvalue weighted by Crippen LogP contribution is 2.42. The zero-order valence-electron chi connectivity index (χ0n) is 17.6. The highest BCUT2D eigenvalue weighted by Gasteiger charge is 2.39. The second kappa shape index (κ2) is 7.23. The second-order valence-electron chi connectivity index (χ2n) is 8.84. The number of rotatable bonds is 3. The molecule has 1 N–H and O–H groups in total. The van der Waals surface area contributed by atoms with Gasteiger partial charge in [0, 0.05) is 56.0 Å². The molecule has 3 aliphatic heterocycles. The number of pyridine rings is 1. The van der Waals surface area contributed by atoms with Gasteiger partial charge in [0.2, 0.25) is 0 Å². The number of fused-ring (bicyclic) bond motifs is 4. The SMILES string of the molecule is C[C@@H]1CN(c2ccc(C#N)c3ncccc23)C[C@@H]2c3ccc(OC4CNC4)cc3CN12. The van der Waals surface area contributed by atoms with E-state index in [2.05, 4.69) is 63.4 Å². The Hall–Kier alpha value is -3.14. The van der Waals surface area contributed by atoms with Gasteiger partial charge in [-0.05, 0) is 54.4 Å². The molecule has 6 nitrogen and oxygen atoms in total. The summed E-state index contributed by atoms with van der Waals surface area (Å²) in [5, 5.41) is 13.8. The van der Waals surface area contributed by atoms with Gasteiger partial charge in [-0.2, -0.15) is 5.26 Å². The van der Waals surface area contributed by atoms with Crippen LogP contribution in [0.5, 0.6) is 5.75 Å². The Kier molecular flexibility index (Phi) is 4.34. The fourth-order valence-corrected chi connectivity index (χ4v) is 5.23. The van der Waals surface area contributed by atoms with E-state index in [4.69, 9.17) is 4.74 Å². The van der Waals surface area contributed by atoms with Crippen LogP contribution in [0, 0.1) is 11.3 Å². The molecule has 6 rings (SSSR count). The molecule has 4 heterocycles. The molecule has 2 fully saturated rings. The largest absolute Gasteiger partial charge is 0.488 e. The van der Waals surface area contributed by atoms with Crippen LogP contribution in [0.4, 0.5) is 5.69 Å². The molecule has 1 aromatic heterocycles. The van der Waals surface area contributed by atoms with Gasteiger partial charge >= 0.3 is 0 Å². The third-order valence-corrected chi connectivity index (χ3v) is 6.93. The Morgan fingerprint density at radius 3 is 2.87 bits per heavy atom. The highest BCUT2D eigenvalue weighted by atomic mass is 16.5. The van der Waals surface area contributed by atoms with Gasteiger partial charge in [-0.25, -0.2) is 0 Å². The van der Waals surface area contributed by atoms with Crippen LogP contribution in [0.2, 0.25) is 0 Å². The molecule has 6 heteroatoms. The van der Waals surface area contributed by atoms with Crippen molar-refractivity contribution in [2.45, 2.75) is 31.7 Å². The summed E-state index contributed by atoms with van der Waals surface area (Å²) in [7, 11) is 0. The van der Waals surface area contributed by atoms with Gasteiger partial charge in [0.25, 0.3) is 0 Å². The van der Waals surface area contributed by atoms with Crippen LogP contribution >= 0.6 is 0 Å². The first-order chi connectivity index (χ1) is 15.2. The van der Waals surface area contributed by atoms with Crippen molar-refractivity contribution < 1.29 is 4.74 Å². The number of anilines is 1. The van der Waals surface area contributed by atoms with Crippen molar-refractivity contribution in [3.63, 3.8) is 0 Å². The lowest BCUT2D eigenvalue weighted by atomic mass is 10.00. The first-order valence-corrected chi connectivity index (χ1v) is 11.0. The zero-order chi connectivity index (χ0) is 20.9. The van der Waals surface area contributed by atoms with E-state index >= 15 is 0 Å². The maximum Gasteiger partial charge on any atom is 0.123 e. The summed E-state index contributed by atoms with van der Waals surface area (Å²) in [6.45, 7) is 7.05. The average molecular weight is 412 g/mol. The minimum Gasteiger partial charge on any atom is -0.488 e. The fourth-order valence-electron chi connectivity index (χ4n) is 5.23. The summed E-state index contributed by atoms with van der Waals surface area (Å²) in [6, 6.07) is 17.7. The quantitative estimate of drug-likeness (QED) is 0.714. The molecule has 0 aliphatic carbocycles. The number of ether oxygens (including phenoxy) is 1. The molecular weight excluding hydrogens is 386 g/mol. The molecule has 0 saturated carbocycles. The molecule has 0 spiro atoms. The maximum absolute atomic E-state index is 9.48. The van der Waals surface area contributed by atoms with E-state index in [-0.39, 0.29) is 0 Å². The molecule has 31 heavy (non-hydrogen) atoms. The van der Waals surface area contributed by atoms with E-state index in [0.29, 0.717) is 23.8 Å². The lowest BCUT2D eigenvalue weighted by molar-refractivity contribution is 0.134. The molecule has 2 saturated heterocycles. The summed E-state index contributed by atoms with van der Waals surface area (Å²) in [4.78, 5) is 9.58. The number of nitrogens with zero attached hydrogens (tertiary/aromatic N) is 4. The van der Waals surface area contributed by atoms with Gasteiger partial charge in [0.1, 0.15) is 17.9 Å². The van der Waals surface area contributed by atoms with E-state index in [1.807, 2.05) is 12.1 Å². The van der Waals surface area contributed by atoms with Crippen molar-refractivity contribution in [3.8, 4) is 11.8 Å². The van der Waals surface area contributed by atoms with Gasteiger partial charge in [0.15, 0.2) is 0 Å². The van der Waals surface area contributed by atoms with E-state index in [1.54, 1.807) is 6.20 Å². The zero-order valence-corrected chi connectivity index (χ0v) is 17.6. The smallest absolute Gasteiger partial charge is 0.123 e. The summed E-state index contributed by atoms with van der Waals surface area (Å²) < 4.78 is 6.09. The molecule has 0 unspecified atom stereocenters. The number of hydrogen-bond acceptors (Lipinski definition) is 6. The van der Waals surface area contributed by atoms with Gasteiger partial charge < -0.3 is 15.0 Å². The van der Waals surface area contributed by atoms with Crippen molar-refractivity contribution in [2.75, 3.05) is 31.1 Å². The minimum absolute atomic E-state index is 0.301. The van der Waals surface area contributed by atoms with Crippen molar-refractivity contribution in [3.05, 3.63) is 65.4 Å². The van der Waals surface area contributed by atoms with Crippen LogP contribution in [0.25, 0.3) is 10.9 Å². The van der Waals surface area contributed by atoms with E-state index in [0.717, 1.165) is 49.4 Å². The van der Waals surface area contributed by atoms with Crippen LogP contribution in [-0.2, 0) is 6.54 Å². The van der Waals surface area contributed by atoms with Crippen molar-refractivity contribution >= 4 is 16.6 Å². The predicted octanol–water partition coefficient (Wildman–Crippen LogP) is 3.22. The van der Waals surface area contributed by atoms with Gasteiger partial charge in [-0.1, -0.05) is 6.07 Å². The lowest BCUT2D eigenvalue weighted by Crippen LogP contribution is -2.51. The molecule has 156 valence electrons. The van der Waals surface area contributed by atoms with Gasteiger partial charge in [0.05, 0.1) is 17.1 Å². The first-order valence-electron chi connectivity index (χ1n) is 11.0. The number of nitrogens with one attached hydrogen (secondary N) is 1. The molecular formula is C25H25N5O. The normalized spacial score (nSPS) is 23.2. The predicted molar refractivity (Wildman–Crippen MR) is 120 cm³/mol. The van der Waals surface area contributed by atoms with Crippen molar-refractivity contribution in [2.24, 2.45) is 0 Å². The Labute approximate surface area is 182 Å². The average Bonchev–Trinajstić information content (AvgIpc) is 3.14. The topological polar surface area (TPSA) is 64.4 Å². The molecule has 2 aromatic carbocycles. The van der Waals surface area contributed by atoms with Crippen molar-refractivity contribution in [1.29, 1.82) is 5.26 Å². The third-order valence-electron chi connectivity index (χ3n) is 6.93. The summed E-state index contributed by atoms with van der Waals surface area (Å²) in [5.41, 5.74) is 5.38. The van der Waals surface area contributed by atoms with Crippen LogP contribution < -0.4 is 15.0 Å². The number of aromatic nitrogens is 1. The minimum atomic E-state index is 0.301. The molecule has 2 atom stereocenters. The Bertz CT molecular complexity index is 1200. The summed E-state index contributed by atoms with van der Waals surface area (Å²) in [6.07, 6.45) is 2.06. The Morgan fingerprint density at radius 1 is 1.16 bits per heavy atom. The van der Waals surface area contributed by atoms with Gasteiger partial charge in [-0.3, -0.25) is 9.88 Å². The summed E-state index contributed by atoms with van der Waals surface area (Å²) in [5.74, 6) is 0.985.